The van der Waals surface area contributed by atoms with E-state index in [0.29, 0.717) is 17.5 Å². The molecule has 0 aliphatic heterocycles. The van der Waals surface area contributed by atoms with E-state index >= 15 is 0 Å². The van der Waals surface area contributed by atoms with E-state index in [2.05, 4.69) is 180 Å². The Labute approximate surface area is 327 Å². The average molecular weight is 733 g/mol. The van der Waals surface area contributed by atoms with Crippen molar-refractivity contribution in [3.63, 3.8) is 0 Å². The Hall–Kier alpha value is -7.21. The highest BCUT2D eigenvalue weighted by atomic mass is 32.1. The Morgan fingerprint density at radius 1 is 0.321 bits per heavy atom. The molecule has 0 aliphatic carbocycles. The molecule has 11 rings (SSSR count). The zero-order chi connectivity index (χ0) is 37.0. The van der Waals surface area contributed by atoms with Gasteiger partial charge in [-0.15, -0.1) is 11.3 Å². The van der Waals surface area contributed by atoms with Gasteiger partial charge in [-0.3, -0.25) is 0 Å². The summed E-state index contributed by atoms with van der Waals surface area (Å²) < 4.78 is 4.94. The van der Waals surface area contributed by atoms with E-state index < -0.39 is 0 Å². The molecule has 8 aromatic carbocycles. The quantitative estimate of drug-likeness (QED) is 0.171. The summed E-state index contributed by atoms with van der Waals surface area (Å²) in [5.41, 5.74) is 10.9. The van der Waals surface area contributed by atoms with E-state index in [-0.39, 0.29) is 0 Å². The lowest BCUT2D eigenvalue weighted by molar-refractivity contribution is 1.07. The predicted molar refractivity (Wildman–Crippen MR) is 234 cm³/mol. The first kappa shape index (κ1) is 32.2. The van der Waals surface area contributed by atoms with Crippen LogP contribution in [-0.4, -0.2) is 19.5 Å². The second-order valence-electron chi connectivity index (χ2n) is 14.0. The van der Waals surface area contributed by atoms with Gasteiger partial charge in [0.1, 0.15) is 0 Å². The number of rotatable bonds is 6. The van der Waals surface area contributed by atoms with E-state index in [9.17, 15) is 0 Å². The molecular weight excluding hydrogens is 701 g/mol. The number of para-hydroxylation sites is 2. The molecule has 0 saturated heterocycles. The highest BCUT2D eigenvalue weighted by Crippen LogP contribution is 2.40. The minimum Gasteiger partial charge on any atom is -0.309 e. The fourth-order valence-electron chi connectivity index (χ4n) is 8.02. The van der Waals surface area contributed by atoms with Crippen LogP contribution in [0.25, 0.3) is 104 Å². The fourth-order valence-corrected chi connectivity index (χ4v) is 9.11. The molecule has 0 spiro atoms. The molecule has 262 valence electrons. The Kier molecular flexibility index (Phi) is 7.64. The van der Waals surface area contributed by atoms with Gasteiger partial charge in [0.2, 0.25) is 0 Å². The Bertz CT molecular complexity index is 3250. The van der Waals surface area contributed by atoms with Crippen molar-refractivity contribution in [3.05, 3.63) is 194 Å². The van der Waals surface area contributed by atoms with Crippen molar-refractivity contribution in [2.75, 3.05) is 0 Å². The zero-order valence-electron chi connectivity index (χ0n) is 30.2. The summed E-state index contributed by atoms with van der Waals surface area (Å²) in [6.07, 6.45) is 0. The minimum atomic E-state index is 0.631. The standard InChI is InChI=1S/C51H32N4S/c1-3-14-33(15-4-1)49-52-50(54-51(53-49)37-26-28-46-43(32-37)41-22-9-11-24-45(41)55(46)38-18-5-2-6-19-38)36-17-13-16-34(30-36)39-20-7-8-21-40(39)35-27-29-48-44(31-35)42-23-10-12-25-47(42)56-48/h1-32H. The summed E-state index contributed by atoms with van der Waals surface area (Å²) in [6, 6.07) is 68.6. The monoisotopic (exact) mass is 732 g/mol. The number of aromatic nitrogens is 4. The van der Waals surface area contributed by atoms with Gasteiger partial charge in [-0.1, -0.05) is 133 Å². The third-order valence-electron chi connectivity index (χ3n) is 10.7. The van der Waals surface area contributed by atoms with E-state index in [4.69, 9.17) is 15.0 Å². The van der Waals surface area contributed by atoms with Crippen LogP contribution < -0.4 is 0 Å². The lowest BCUT2D eigenvalue weighted by Gasteiger charge is -2.13. The first-order chi connectivity index (χ1) is 27.7. The number of benzene rings is 8. The molecule has 5 heteroatoms. The maximum atomic E-state index is 5.20. The zero-order valence-corrected chi connectivity index (χ0v) is 31.0. The van der Waals surface area contributed by atoms with Crippen LogP contribution in [0.15, 0.2) is 194 Å². The van der Waals surface area contributed by atoms with Gasteiger partial charge in [-0.05, 0) is 82.9 Å². The van der Waals surface area contributed by atoms with Crippen LogP contribution in [0.3, 0.4) is 0 Å². The van der Waals surface area contributed by atoms with Crippen LogP contribution in [-0.2, 0) is 0 Å². The SMILES string of the molecule is c1ccc(-c2nc(-c3cccc(-c4ccccc4-c4ccc5sc6ccccc6c5c4)c3)nc(-c3ccc4c(c3)c3ccccc3n4-c3ccccc3)n2)cc1. The highest BCUT2D eigenvalue weighted by Gasteiger charge is 2.18. The molecule has 0 unspecified atom stereocenters. The smallest absolute Gasteiger partial charge is 0.164 e. The largest absolute Gasteiger partial charge is 0.309 e. The molecule has 11 aromatic rings. The van der Waals surface area contributed by atoms with Crippen LogP contribution in [0.5, 0.6) is 0 Å². The van der Waals surface area contributed by atoms with Crippen molar-refractivity contribution < 1.29 is 0 Å². The second kappa shape index (κ2) is 13.3. The summed E-state index contributed by atoms with van der Waals surface area (Å²) in [4.78, 5) is 15.4. The molecule has 0 fully saturated rings. The topological polar surface area (TPSA) is 43.6 Å². The maximum absolute atomic E-state index is 5.20. The number of hydrogen-bond acceptors (Lipinski definition) is 4. The van der Waals surface area contributed by atoms with Crippen molar-refractivity contribution in [2.24, 2.45) is 0 Å². The summed E-state index contributed by atoms with van der Waals surface area (Å²) in [5.74, 6) is 1.90. The Morgan fingerprint density at radius 3 is 1.62 bits per heavy atom. The third kappa shape index (κ3) is 5.48. The van der Waals surface area contributed by atoms with Gasteiger partial charge in [0.05, 0.1) is 11.0 Å². The molecule has 3 heterocycles. The first-order valence-electron chi connectivity index (χ1n) is 18.8. The molecule has 56 heavy (non-hydrogen) atoms. The van der Waals surface area contributed by atoms with Gasteiger partial charge in [-0.25, -0.2) is 15.0 Å². The van der Waals surface area contributed by atoms with E-state index in [1.165, 1.54) is 36.7 Å². The van der Waals surface area contributed by atoms with Gasteiger partial charge in [-0.2, -0.15) is 0 Å². The van der Waals surface area contributed by atoms with Crippen molar-refractivity contribution in [3.8, 4) is 62.1 Å². The van der Waals surface area contributed by atoms with E-state index in [1.807, 2.05) is 29.5 Å². The maximum Gasteiger partial charge on any atom is 0.164 e. The lowest BCUT2D eigenvalue weighted by Crippen LogP contribution is -2.00. The number of hydrogen-bond donors (Lipinski definition) is 0. The average Bonchev–Trinajstić information content (AvgIpc) is 3.82. The fraction of sp³-hybridized carbons (Fsp3) is 0. The molecule has 3 aromatic heterocycles. The molecule has 4 nitrogen and oxygen atoms in total. The van der Waals surface area contributed by atoms with Crippen LogP contribution in [0.1, 0.15) is 0 Å². The first-order valence-corrected chi connectivity index (χ1v) is 19.6. The Balaban J connectivity index is 1.05. The second-order valence-corrected chi connectivity index (χ2v) is 15.1. The molecule has 0 aliphatic rings. The van der Waals surface area contributed by atoms with Crippen LogP contribution >= 0.6 is 11.3 Å². The van der Waals surface area contributed by atoms with Crippen LogP contribution in [0.2, 0.25) is 0 Å². The number of thiophene rings is 1. The summed E-state index contributed by atoms with van der Waals surface area (Å²) in [5, 5.41) is 4.93. The van der Waals surface area contributed by atoms with E-state index in [0.717, 1.165) is 49.9 Å². The van der Waals surface area contributed by atoms with Crippen molar-refractivity contribution in [1.29, 1.82) is 0 Å². The van der Waals surface area contributed by atoms with Gasteiger partial charge >= 0.3 is 0 Å². The van der Waals surface area contributed by atoms with E-state index in [1.54, 1.807) is 0 Å². The number of nitrogens with zero attached hydrogens (tertiary/aromatic N) is 4. The van der Waals surface area contributed by atoms with Crippen molar-refractivity contribution >= 4 is 53.3 Å². The molecule has 0 saturated carbocycles. The lowest BCUT2D eigenvalue weighted by atomic mass is 9.93. The molecular formula is C51H32N4S. The van der Waals surface area contributed by atoms with Crippen LogP contribution in [0.4, 0.5) is 0 Å². The normalized spacial score (nSPS) is 11.6. The predicted octanol–water partition coefficient (Wildman–Crippen LogP) is 13.7. The highest BCUT2D eigenvalue weighted by molar-refractivity contribution is 7.25. The summed E-state index contributed by atoms with van der Waals surface area (Å²) in [7, 11) is 0. The number of fused-ring (bicyclic) bond motifs is 6. The van der Waals surface area contributed by atoms with Gasteiger partial charge in [0, 0.05) is 53.3 Å². The summed E-state index contributed by atoms with van der Waals surface area (Å²) >= 11 is 1.85. The van der Waals surface area contributed by atoms with Gasteiger partial charge < -0.3 is 4.57 Å². The molecule has 0 amide bonds. The third-order valence-corrected chi connectivity index (χ3v) is 11.8. The minimum absolute atomic E-state index is 0.631. The molecule has 0 atom stereocenters. The van der Waals surface area contributed by atoms with Crippen molar-refractivity contribution in [2.45, 2.75) is 0 Å². The molecule has 0 bridgehead atoms. The van der Waals surface area contributed by atoms with Crippen LogP contribution in [0, 0.1) is 0 Å². The van der Waals surface area contributed by atoms with Gasteiger partial charge in [0.15, 0.2) is 17.5 Å². The van der Waals surface area contributed by atoms with Gasteiger partial charge in [0.25, 0.3) is 0 Å². The molecule has 0 radical (unpaired) electrons. The summed E-state index contributed by atoms with van der Waals surface area (Å²) in [6.45, 7) is 0. The molecule has 0 N–H and O–H groups in total. The Morgan fingerprint density at radius 2 is 0.839 bits per heavy atom. The van der Waals surface area contributed by atoms with Crippen molar-refractivity contribution in [1.82, 2.24) is 19.5 Å².